The first-order chi connectivity index (χ1) is 10.7. The van der Waals surface area contributed by atoms with Crippen LogP contribution < -0.4 is 5.32 Å². The molecular weight excluding hydrogens is 281 g/mol. The molecule has 0 aliphatic heterocycles. The highest BCUT2D eigenvalue weighted by molar-refractivity contribution is 5.97. The van der Waals surface area contributed by atoms with Crippen LogP contribution in [0.1, 0.15) is 38.3 Å². The normalized spacial score (nSPS) is 15.2. The molecule has 1 saturated carbocycles. The minimum absolute atomic E-state index is 0.0475. The Morgan fingerprint density at radius 3 is 2.86 bits per heavy atom. The van der Waals surface area contributed by atoms with Crippen molar-refractivity contribution < 1.29 is 9.18 Å². The summed E-state index contributed by atoms with van der Waals surface area (Å²) in [5, 5.41) is 10.2. The van der Waals surface area contributed by atoms with Gasteiger partial charge >= 0.3 is 0 Å². The molecule has 0 radical (unpaired) electrons. The Hall–Kier alpha value is -2.17. The second-order valence-corrected chi connectivity index (χ2v) is 5.76. The van der Waals surface area contributed by atoms with Gasteiger partial charge in [-0.2, -0.15) is 5.10 Å². The lowest BCUT2D eigenvalue weighted by atomic mass is 10.1. The molecular formula is C17H20FN3O. The van der Waals surface area contributed by atoms with Crippen molar-refractivity contribution in [3.63, 3.8) is 0 Å². The van der Waals surface area contributed by atoms with Gasteiger partial charge in [-0.05, 0) is 31.4 Å². The second kappa shape index (κ2) is 6.30. The highest BCUT2D eigenvalue weighted by Gasteiger charge is 2.25. The van der Waals surface area contributed by atoms with Gasteiger partial charge in [-0.15, -0.1) is 0 Å². The van der Waals surface area contributed by atoms with Crippen molar-refractivity contribution in [2.45, 2.75) is 39.0 Å². The quantitative estimate of drug-likeness (QED) is 0.899. The third-order valence-corrected chi connectivity index (χ3v) is 4.27. The van der Waals surface area contributed by atoms with Crippen molar-refractivity contribution in [2.24, 2.45) is 5.92 Å². The summed E-state index contributed by atoms with van der Waals surface area (Å²) in [6.07, 6.45) is 4.84. The van der Waals surface area contributed by atoms with E-state index in [1.807, 2.05) is 6.92 Å². The number of hydrogen-bond acceptors (Lipinski definition) is 2. The van der Waals surface area contributed by atoms with E-state index in [0.29, 0.717) is 16.9 Å². The molecule has 1 aliphatic carbocycles. The Bertz CT molecular complexity index is 674. The maximum absolute atomic E-state index is 13.5. The Balaban J connectivity index is 1.91. The van der Waals surface area contributed by atoms with Gasteiger partial charge in [0.25, 0.3) is 0 Å². The van der Waals surface area contributed by atoms with Crippen molar-refractivity contribution in [3.8, 4) is 11.3 Å². The molecule has 0 bridgehead atoms. The van der Waals surface area contributed by atoms with E-state index in [0.717, 1.165) is 37.8 Å². The largest absolute Gasteiger partial charge is 0.322 e. The Morgan fingerprint density at radius 1 is 1.41 bits per heavy atom. The predicted octanol–water partition coefficient (Wildman–Crippen LogP) is 3.91. The number of nitrogens with zero attached hydrogens (tertiary/aromatic N) is 1. The van der Waals surface area contributed by atoms with Crippen LogP contribution in [0.25, 0.3) is 11.3 Å². The van der Waals surface area contributed by atoms with Gasteiger partial charge in [0.1, 0.15) is 11.5 Å². The number of H-pyrrole nitrogens is 1. The fourth-order valence-corrected chi connectivity index (χ4v) is 3.03. The van der Waals surface area contributed by atoms with Crippen LogP contribution in [0.2, 0.25) is 0 Å². The van der Waals surface area contributed by atoms with E-state index >= 15 is 0 Å². The van der Waals surface area contributed by atoms with Crippen LogP contribution in [-0.4, -0.2) is 16.1 Å². The summed E-state index contributed by atoms with van der Waals surface area (Å²) >= 11 is 0. The smallest absolute Gasteiger partial charge is 0.227 e. The number of amides is 1. The van der Waals surface area contributed by atoms with Gasteiger partial charge in [0, 0.05) is 11.5 Å². The molecule has 5 heteroatoms. The van der Waals surface area contributed by atoms with Crippen LogP contribution in [0.15, 0.2) is 24.3 Å². The van der Waals surface area contributed by atoms with Crippen molar-refractivity contribution in [1.82, 2.24) is 10.2 Å². The van der Waals surface area contributed by atoms with E-state index in [1.54, 1.807) is 12.1 Å². The number of halogens is 1. The van der Waals surface area contributed by atoms with E-state index in [9.17, 15) is 9.18 Å². The zero-order valence-electron chi connectivity index (χ0n) is 12.7. The number of anilines is 1. The van der Waals surface area contributed by atoms with E-state index in [2.05, 4.69) is 15.5 Å². The van der Waals surface area contributed by atoms with E-state index in [4.69, 9.17) is 0 Å². The summed E-state index contributed by atoms with van der Waals surface area (Å²) < 4.78 is 13.5. The van der Waals surface area contributed by atoms with Crippen molar-refractivity contribution in [1.29, 1.82) is 0 Å². The minimum Gasteiger partial charge on any atom is -0.322 e. The van der Waals surface area contributed by atoms with Gasteiger partial charge in [0.15, 0.2) is 0 Å². The number of aromatic nitrogens is 2. The highest BCUT2D eigenvalue weighted by Crippen LogP contribution is 2.32. The molecule has 0 spiro atoms. The van der Waals surface area contributed by atoms with Gasteiger partial charge in [-0.3, -0.25) is 9.89 Å². The molecule has 2 N–H and O–H groups in total. The number of benzene rings is 1. The van der Waals surface area contributed by atoms with Crippen LogP contribution >= 0.6 is 0 Å². The second-order valence-electron chi connectivity index (χ2n) is 5.76. The number of rotatable bonds is 4. The number of aryl methyl sites for hydroxylation is 1. The lowest BCUT2D eigenvalue weighted by molar-refractivity contribution is -0.119. The van der Waals surface area contributed by atoms with Gasteiger partial charge in [-0.25, -0.2) is 4.39 Å². The summed E-state index contributed by atoms with van der Waals surface area (Å²) in [7, 11) is 0. The SMILES string of the molecule is CCc1[nH]nc(-c2cccc(F)c2)c1NC(=O)C1CCCC1. The van der Waals surface area contributed by atoms with Crippen molar-refractivity contribution >= 4 is 11.6 Å². The number of aromatic amines is 1. The summed E-state index contributed by atoms with van der Waals surface area (Å²) in [6, 6.07) is 6.27. The highest BCUT2D eigenvalue weighted by atomic mass is 19.1. The molecule has 0 unspecified atom stereocenters. The molecule has 3 rings (SSSR count). The summed E-state index contributed by atoms with van der Waals surface area (Å²) in [4.78, 5) is 12.4. The molecule has 1 fully saturated rings. The first-order valence-electron chi connectivity index (χ1n) is 7.83. The van der Waals surface area contributed by atoms with Crippen molar-refractivity contribution in [2.75, 3.05) is 5.32 Å². The van der Waals surface area contributed by atoms with Crippen LogP contribution in [0.5, 0.6) is 0 Å². The van der Waals surface area contributed by atoms with Gasteiger partial charge in [0.05, 0.1) is 11.4 Å². The monoisotopic (exact) mass is 301 g/mol. The molecule has 1 aromatic heterocycles. The van der Waals surface area contributed by atoms with Crippen molar-refractivity contribution in [3.05, 3.63) is 35.8 Å². The fourth-order valence-electron chi connectivity index (χ4n) is 3.03. The topological polar surface area (TPSA) is 57.8 Å². The predicted molar refractivity (Wildman–Crippen MR) is 83.9 cm³/mol. The number of hydrogen-bond donors (Lipinski definition) is 2. The molecule has 1 aliphatic rings. The van der Waals surface area contributed by atoms with Crippen LogP contribution in [0.4, 0.5) is 10.1 Å². The van der Waals surface area contributed by atoms with Crippen LogP contribution in [-0.2, 0) is 11.2 Å². The first-order valence-corrected chi connectivity index (χ1v) is 7.83. The molecule has 4 nitrogen and oxygen atoms in total. The van der Waals surface area contributed by atoms with Gasteiger partial charge in [0.2, 0.25) is 5.91 Å². The first kappa shape index (κ1) is 14.8. The molecule has 1 amide bonds. The molecule has 1 aromatic carbocycles. The standard InChI is InChI=1S/C17H20FN3O/c1-2-14-16(19-17(22)11-6-3-4-7-11)15(21-20-14)12-8-5-9-13(18)10-12/h5,8-11H,2-4,6-7H2,1H3,(H,19,22)(H,20,21). The maximum atomic E-state index is 13.5. The van der Waals surface area contributed by atoms with E-state index < -0.39 is 0 Å². The molecule has 2 aromatic rings. The minimum atomic E-state index is -0.313. The molecule has 116 valence electrons. The number of carbonyl (C=O) groups is 1. The average molecular weight is 301 g/mol. The van der Waals surface area contributed by atoms with E-state index in [1.165, 1.54) is 12.1 Å². The van der Waals surface area contributed by atoms with Gasteiger partial charge in [-0.1, -0.05) is 31.9 Å². The fraction of sp³-hybridized carbons (Fsp3) is 0.412. The number of carbonyl (C=O) groups excluding carboxylic acids is 1. The van der Waals surface area contributed by atoms with Gasteiger partial charge < -0.3 is 5.32 Å². The molecule has 0 saturated heterocycles. The number of nitrogens with one attached hydrogen (secondary N) is 2. The Labute approximate surface area is 129 Å². The van der Waals surface area contributed by atoms with Crippen LogP contribution in [0.3, 0.4) is 0 Å². The molecule has 1 heterocycles. The third kappa shape index (κ3) is 2.89. The maximum Gasteiger partial charge on any atom is 0.227 e. The lowest BCUT2D eigenvalue weighted by Crippen LogP contribution is -2.21. The van der Waals surface area contributed by atoms with E-state index in [-0.39, 0.29) is 17.6 Å². The zero-order chi connectivity index (χ0) is 15.5. The molecule has 0 atom stereocenters. The Morgan fingerprint density at radius 2 is 2.18 bits per heavy atom. The third-order valence-electron chi connectivity index (χ3n) is 4.27. The Kier molecular flexibility index (Phi) is 4.22. The summed E-state index contributed by atoms with van der Waals surface area (Å²) in [6.45, 7) is 1.99. The lowest BCUT2D eigenvalue weighted by Gasteiger charge is -2.12. The van der Waals surface area contributed by atoms with Crippen LogP contribution in [0, 0.1) is 11.7 Å². The average Bonchev–Trinajstić information content (AvgIpc) is 3.16. The summed E-state index contributed by atoms with van der Waals surface area (Å²) in [5.74, 6) is -0.183. The zero-order valence-corrected chi connectivity index (χ0v) is 12.7. The summed E-state index contributed by atoms with van der Waals surface area (Å²) in [5.41, 5.74) is 2.82. The molecule has 22 heavy (non-hydrogen) atoms.